The third-order valence-electron chi connectivity index (χ3n) is 8.00. The summed E-state index contributed by atoms with van der Waals surface area (Å²) in [5, 5.41) is 3.18. The first kappa shape index (κ1) is 29.2. The summed E-state index contributed by atoms with van der Waals surface area (Å²) >= 11 is 0. The SMILES string of the molecule is Cc1cccn2c(C(C)(C)NC(=O)[C@@H]3CN(C(=O)OC(C)(C)C)CCN3CC3(C)CCC(F)(F)CC3)ncc12. The summed E-state index contributed by atoms with van der Waals surface area (Å²) in [5.41, 5.74) is 0.242. The number of amides is 2. The van der Waals surface area contributed by atoms with Crippen LogP contribution in [0.15, 0.2) is 24.5 Å². The molecule has 0 unspecified atom stereocenters. The van der Waals surface area contributed by atoms with E-state index < -0.39 is 29.2 Å². The Kier molecular flexibility index (Phi) is 7.75. The van der Waals surface area contributed by atoms with Crippen molar-refractivity contribution >= 4 is 17.5 Å². The van der Waals surface area contributed by atoms with Crippen molar-refractivity contribution in [2.75, 3.05) is 26.2 Å². The summed E-state index contributed by atoms with van der Waals surface area (Å²) in [4.78, 5) is 35.1. The van der Waals surface area contributed by atoms with Crippen molar-refractivity contribution in [1.29, 1.82) is 0 Å². The van der Waals surface area contributed by atoms with Crippen molar-refractivity contribution in [1.82, 2.24) is 24.5 Å². The summed E-state index contributed by atoms with van der Waals surface area (Å²) in [6.07, 6.45) is 3.77. The van der Waals surface area contributed by atoms with Crippen LogP contribution in [0.4, 0.5) is 13.6 Å². The fourth-order valence-electron chi connectivity index (χ4n) is 5.69. The van der Waals surface area contributed by atoms with Crippen LogP contribution in [0.1, 0.15) is 78.6 Å². The molecule has 4 rings (SSSR count). The lowest BCUT2D eigenvalue weighted by atomic mass is 9.73. The number of halogens is 2. The minimum atomic E-state index is -2.62. The second-order valence-corrected chi connectivity index (χ2v) is 13.2. The lowest BCUT2D eigenvalue weighted by molar-refractivity contribution is -0.132. The Morgan fingerprint density at radius 1 is 1.13 bits per heavy atom. The molecule has 2 aromatic rings. The lowest BCUT2D eigenvalue weighted by Crippen LogP contribution is -2.63. The molecule has 216 valence electrons. The van der Waals surface area contributed by atoms with Gasteiger partial charge in [-0.2, -0.15) is 0 Å². The molecule has 1 aliphatic heterocycles. The van der Waals surface area contributed by atoms with Crippen LogP contribution in [0.2, 0.25) is 0 Å². The first-order valence-electron chi connectivity index (χ1n) is 13.8. The number of fused-ring (bicyclic) bond motifs is 1. The van der Waals surface area contributed by atoms with Gasteiger partial charge in [-0.3, -0.25) is 9.69 Å². The number of pyridine rings is 1. The Balaban J connectivity index is 1.56. The van der Waals surface area contributed by atoms with E-state index in [2.05, 4.69) is 15.2 Å². The second kappa shape index (κ2) is 10.3. The third-order valence-corrected chi connectivity index (χ3v) is 8.00. The zero-order valence-electron chi connectivity index (χ0n) is 24.3. The minimum absolute atomic E-state index is 0.141. The monoisotopic (exact) mass is 547 g/mol. The van der Waals surface area contributed by atoms with E-state index in [9.17, 15) is 18.4 Å². The Morgan fingerprint density at radius 3 is 2.44 bits per heavy atom. The molecule has 2 amide bonds. The van der Waals surface area contributed by atoms with E-state index in [1.165, 1.54) is 0 Å². The number of rotatable bonds is 5. The molecule has 39 heavy (non-hydrogen) atoms. The van der Waals surface area contributed by atoms with Crippen LogP contribution in [0, 0.1) is 12.3 Å². The van der Waals surface area contributed by atoms with Crippen molar-refractivity contribution in [3.05, 3.63) is 35.9 Å². The maximum Gasteiger partial charge on any atom is 0.410 e. The third kappa shape index (κ3) is 6.70. The van der Waals surface area contributed by atoms with E-state index in [-0.39, 0.29) is 30.7 Å². The van der Waals surface area contributed by atoms with Gasteiger partial charge in [0, 0.05) is 45.2 Å². The van der Waals surface area contributed by atoms with Gasteiger partial charge in [0.15, 0.2) is 0 Å². The smallest absolute Gasteiger partial charge is 0.410 e. The molecule has 0 bridgehead atoms. The predicted molar refractivity (Wildman–Crippen MR) is 146 cm³/mol. The highest BCUT2D eigenvalue weighted by atomic mass is 19.3. The molecule has 10 heteroatoms. The Hall–Kier alpha value is -2.75. The molecular weight excluding hydrogens is 504 g/mol. The summed E-state index contributed by atoms with van der Waals surface area (Å²) in [6.45, 7) is 14.8. The van der Waals surface area contributed by atoms with Gasteiger partial charge in [0.05, 0.1) is 17.3 Å². The highest BCUT2D eigenvalue weighted by Gasteiger charge is 2.45. The average Bonchev–Trinajstić information content (AvgIpc) is 3.27. The number of aryl methyl sites for hydroxylation is 1. The van der Waals surface area contributed by atoms with E-state index in [0.717, 1.165) is 11.1 Å². The van der Waals surface area contributed by atoms with Crippen LogP contribution < -0.4 is 5.32 Å². The lowest BCUT2D eigenvalue weighted by Gasteiger charge is -2.46. The quantitative estimate of drug-likeness (QED) is 0.562. The van der Waals surface area contributed by atoms with Crippen molar-refractivity contribution < 1.29 is 23.1 Å². The number of hydrogen-bond donors (Lipinski definition) is 1. The molecule has 0 spiro atoms. The van der Waals surface area contributed by atoms with Gasteiger partial charge >= 0.3 is 6.09 Å². The predicted octanol–water partition coefficient (Wildman–Crippen LogP) is 5.13. The zero-order chi connectivity index (χ0) is 28.8. The van der Waals surface area contributed by atoms with Crippen LogP contribution in [-0.4, -0.2) is 74.9 Å². The van der Waals surface area contributed by atoms with Gasteiger partial charge in [-0.15, -0.1) is 0 Å². The largest absolute Gasteiger partial charge is 0.444 e. The van der Waals surface area contributed by atoms with Crippen molar-refractivity contribution in [3.63, 3.8) is 0 Å². The molecule has 8 nitrogen and oxygen atoms in total. The number of alkyl halides is 2. The van der Waals surface area contributed by atoms with Gasteiger partial charge in [0.25, 0.3) is 0 Å². The number of nitrogens with one attached hydrogen (secondary N) is 1. The molecule has 3 heterocycles. The number of nitrogens with zero attached hydrogens (tertiary/aromatic N) is 4. The van der Waals surface area contributed by atoms with Crippen LogP contribution in [-0.2, 0) is 15.1 Å². The van der Waals surface area contributed by atoms with Crippen LogP contribution in [0.3, 0.4) is 0 Å². The molecule has 0 aromatic carbocycles. The molecule has 1 atom stereocenters. The van der Waals surface area contributed by atoms with Gasteiger partial charge in [-0.25, -0.2) is 18.6 Å². The number of hydrogen-bond acceptors (Lipinski definition) is 5. The molecule has 1 aliphatic carbocycles. The second-order valence-electron chi connectivity index (χ2n) is 13.2. The fourth-order valence-corrected chi connectivity index (χ4v) is 5.69. The topological polar surface area (TPSA) is 79.2 Å². The normalized spacial score (nSPS) is 22.1. The summed E-state index contributed by atoms with van der Waals surface area (Å²) < 4.78 is 35.4. The zero-order valence-corrected chi connectivity index (χ0v) is 24.3. The van der Waals surface area contributed by atoms with Gasteiger partial charge in [0.2, 0.25) is 11.8 Å². The molecule has 1 saturated heterocycles. The molecular formula is C29H43F2N5O3. The van der Waals surface area contributed by atoms with Gasteiger partial charge in [-0.1, -0.05) is 13.0 Å². The van der Waals surface area contributed by atoms with Crippen LogP contribution in [0.5, 0.6) is 0 Å². The van der Waals surface area contributed by atoms with E-state index in [4.69, 9.17) is 4.74 Å². The number of carbonyl (C=O) groups is 2. The molecule has 1 N–H and O–H groups in total. The standard InChI is InChI=1S/C29H43F2N5O3/c1-20-9-8-14-36-21(20)17-32-24(36)27(5,6)33-23(37)22-18-34(25(38)39-26(2,3)4)15-16-35(22)19-28(7)10-12-29(30,31)13-11-28/h8-9,14,17,22H,10-13,15-16,18-19H2,1-7H3,(H,33,37)/t22-/m0/s1. The highest BCUT2D eigenvalue weighted by molar-refractivity contribution is 5.84. The summed E-state index contributed by atoms with van der Waals surface area (Å²) in [5.74, 6) is -2.16. The van der Waals surface area contributed by atoms with Crippen molar-refractivity contribution in [2.45, 2.75) is 97.3 Å². The highest BCUT2D eigenvalue weighted by Crippen LogP contribution is 2.44. The summed E-state index contributed by atoms with van der Waals surface area (Å²) in [6, 6.07) is 3.30. The first-order valence-corrected chi connectivity index (χ1v) is 13.8. The fraction of sp³-hybridized carbons (Fsp3) is 0.690. The van der Waals surface area contributed by atoms with E-state index >= 15 is 0 Å². The number of aromatic nitrogens is 2. The molecule has 0 radical (unpaired) electrons. The Labute approximate surface area is 230 Å². The van der Waals surface area contributed by atoms with Crippen molar-refractivity contribution in [2.24, 2.45) is 5.41 Å². The maximum absolute atomic E-state index is 13.9. The van der Waals surface area contributed by atoms with Crippen LogP contribution >= 0.6 is 0 Å². The summed E-state index contributed by atoms with van der Waals surface area (Å²) in [7, 11) is 0. The maximum atomic E-state index is 13.9. The van der Waals surface area contributed by atoms with E-state index in [0.29, 0.717) is 38.3 Å². The number of piperazine rings is 1. The van der Waals surface area contributed by atoms with Crippen molar-refractivity contribution in [3.8, 4) is 0 Å². The first-order chi connectivity index (χ1) is 18.0. The average molecular weight is 548 g/mol. The number of carbonyl (C=O) groups excluding carboxylic acids is 2. The molecule has 2 fully saturated rings. The Morgan fingerprint density at radius 2 is 1.79 bits per heavy atom. The van der Waals surface area contributed by atoms with Gasteiger partial charge in [-0.05, 0) is 71.4 Å². The minimum Gasteiger partial charge on any atom is -0.444 e. The number of imidazole rings is 1. The van der Waals surface area contributed by atoms with Crippen LogP contribution in [0.25, 0.3) is 5.52 Å². The van der Waals surface area contributed by atoms with Gasteiger partial charge < -0.3 is 19.4 Å². The van der Waals surface area contributed by atoms with E-state index in [1.807, 2.05) is 71.2 Å². The molecule has 2 aromatic heterocycles. The van der Waals surface area contributed by atoms with Gasteiger partial charge in [0.1, 0.15) is 17.5 Å². The molecule has 2 aliphatic rings. The molecule has 1 saturated carbocycles. The number of ether oxygens (including phenoxy) is 1. The van der Waals surface area contributed by atoms with E-state index in [1.54, 1.807) is 11.1 Å². The Bertz CT molecular complexity index is 1210.